The molecule has 198 valence electrons. The van der Waals surface area contributed by atoms with Crippen molar-refractivity contribution in [3.8, 4) is 5.75 Å². The summed E-state index contributed by atoms with van der Waals surface area (Å²) in [6, 6.07) is 18.5. The second-order valence-electron chi connectivity index (χ2n) is 7.82. The summed E-state index contributed by atoms with van der Waals surface area (Å²) >= 11 is 0. The lowest BCUT2D eigenvalue weighted by Gasteiger charge is -2.20. The molecule has 7 nitrogen and oxygen atoms in total. The zero-order valence-corrected chi connectivity index (χ0v) is 21.2. The number of hydrogen-bond acceptors (Lipinski definition) is 5. The normalized spacial score (nSPS) is 11.3. The fourth-order valence-corrected chi connectivity index (χ4v) is 3.42. The Labute approximate surface area is 220 Å². The van der Waals surface area contributed by atoms with E-state index < -0.39 is 29.2 Å². The summed E-state index contributed by atoms with van der Waals surface area (Å²) in [6.45, 7) is 2.39. The molecule has 0 spiro atoms. The molecule has 0 saturated heterocycles. The molecule has 1 atom stereocenters. The Bertz CT molecular complexity index is 1160. The molecule has 0 aliphatic rings. The van der Waals surface area contributed by atoms with Gasteiger partial charge in [-0.15, -0.1) is 12.4 Å². The van der Waals surface area contributed by atoms with Gasteiger partial charge in [-0.2, -0.15) is 0 Å². The van der Waals surface area contributed by atoms with Crippen molar-refractivity contribution < 1.29 is 27.8 Å². The Balaban J connectivity index is 0.00000481. The van der Waals surface area contributed by atoms with E-state index >= 15 is 4.39 Å². The number of nitrogens with one attached hydrogen (secondary N) is 2. The predicted molar refractivity (Wildman–Crippen MR) is 139 cm³/mol. The van der Waals surface area contributed by atoms with Crippen LogP contribution in [0.25, 0.3) is 0 Å². The number of nitrogens with two attached hydrogens (primary N) is 1. The van der Waals surface area contributed by atoms with Gasteiger partial charge < -0.3 is 25.3 Å². The maximum Gasteiger partial charge on any atom is 0.254 e. The van der Waals surface area contributed by atoms with Gasteiger partial charge in [-0.25, -0.2) is 8.78 Å². The number of carbonyl (C=O) groups is 1. The van der Waals surface area contributed by atoms with Crippen molar-refractivity contribution in [1.82, 2.24) is 5.32 Å². The quantitative estimate of drug-likeness (QED) is 0.168. The Morgan fingerprint density at radius 1 is 1.00 bits per heavy atom. The van der Waals surface area contributed by atoms with Crippen LogP contribution >= 0.6 is 12.4 Å². The second kappa shape index (κ2) is 14.9. The SMILES string of the molecule is CCOC(C(=O)NCc1ccc(C(=N)N)cc1)c1c(F)ccc(OCCOCc2ccccc2)c1F.Cl. The standard InChI is InChI=1S/C27H29F2N3O4.ClH/c1-2-35-25(27(33)32-16-18-8-10-20(11-9-18)26(30)31)23-21(28)12-13-22(24(23)29)36-15-14-34-17-19-6-4-3-5-7-19;/h3-13,25H,2,14-17H2,1H3,(H3,30,31)(H,32,33);1H. The van der Waals surface area contributed by atoms with E-state index in [9.17, 15) is 9.18 Å². The van der Waals surface area contributed by atoms with Crippen LogP contribution in [0.3, 0.4) is 0 Å². The summed E-state index contributed by atoms with van der Waals surface area (Å²) in [5.41, 5.74) is 7.18. The first-order valence-corrected chi connectivity index (χ1v) is 11.5. The van der Waals surface area contributed by atoms with E-state index in [-0.39, 0.29) is 50.4 Å². The zero-order valence-electron chi connectivity index (χ0n) is 20.3. The molecule has 0 fully saturated rings. The van der Waals surface area contributed by atoms with E-state index in [1.54, 1.807) is 31.2 Å². The lowest BCUT2D eigenvalue weighted by atomic mass is 10.1. The topological polar surface area (TPSA) is 107 Å². The van der Waals surface area contributed by atoms with Crippen LogP contribution in [-0.2, 0) is 27.4 Å². The smallest absolute Gasteiger partial charge is 0.254 e. The van der Waals surface area contributed by atoms with Crippen LogP contribution in [0.5, 0.6) is 5.75 Å². The molecule has 3 aromatic rings. The summed E-state index contributed by atoms with van der Waals surface area (Å²) in [7, 11) is 0. The molecule has 0 aliphatic heterocycles. The molecule has 0 radical (unpaired) electrons. The molecular weight excluding hydrogens is 504 g/mol. The Kier molecular flexibility index (Phi) is 12.0. The fourth-order valence-electron chi connectivity index (χ4n) is 3.42. The summed E-state index contributed by atoms with van der Waals surface area (Å²) in [4.78, 5) is 12.8. The summed E-state index contributed by atoms with van der Waals surface area (Å²) < 4.78 is 46.3. The number of amidine groups is 1. The molecule has 0 heterocycles. The number of halogens is 3. The van der Waals surface area contributed by atoms with E-state index in [1.165, 1.54) is 6.07 Å². The van der Waals surface area contributed by atoms with E-state index in [0.717, 1.165) is 17.2 Å². The molecule has 0 saturated carbocycles. The van der Waals surface area contributed by atoms with Crippen LogP contribution in [0, 0.1) is 17.0 Å². The van der Waals surface area contributed by atoms with Crippen LogP contribution in [0.4, 0.5) is 8.78 Å². The lowest BCUT2D eigenvalue weighted by Crippen LogP contribution is -2.32. The first kappa shape index (κ1) is 29.7. The van der Waals surface area contributed by atoms with Crippen molar-refractivity contribution in [1.29, 1.82) is 5.41 Å². The van der Waals surface area contributed by atoms with Gasteiger partial charge in [0.2, 0.25) is 0 Å². The van der Waals surface area contributed by atoms with Crippen LogP contribution in [0.2, 0.25) is 0 Å². The zero-order chi connectivity index (χ0) is 25.9. The molecule has 1 amide bonds. The first-order valence-electron chi connectivity index (χ1n) is 11.5. The molecule has 0 aliphatic carbocycles. The summed E-state index contributed by atoms with van der Waals surface area (Å²) in [5.74, 6) is -2.89. The minimum Gasteiger partial charge on any atom is -0.488 e. The average molecular weight is 534 g/mol. The third kappa shape index (κ3) is 8.52. The van der Waals surface area contributed by atoms with E-state index in [2.05, 4.69) is 5.32 Å². The largest absolute Gasteiger partial charge is 0.488 e. The van der Waals surface area contributed by atoms with E-state index in [0.29, 0.717) is 12.2 Å². The van der Waals surface area contributed by atoms with Gasteiger partial charge in [0.05, 0.1) is 18.8 Å². The number of nitrogen functional groups attached to an aromatic ring is 1. The number of carbonyl (C=O) groups excluding carboxylic acids is 1. The second-order valence-corrected chi connectivity index (χ2v) is 7.82. The Morgan fingerprint density at radius 2 is 1.70 bits per heavy atom. The number of hydrogen-bond donors (Lipinski definition) is 3. The molecule has 3 aromatic carbocycles. The molecule has 1 unspecified atom stereocenters. The first-order chi connectivity index (χ1) is 17.4. The van der Waals surface area contributed by atoms with Crippen molar-refractivity contribution in [3.63, 3.8) is 0 Å². The average Bonchev–Trinajstić information content (AvgIpc) is 2.88. The van der Waals surface area contributed by atoms with Gasteiger partial charge in [-0.05, 0) is 30.2 Å². The number of rotatable bonds is 13. The van der Waals surface area contributed by atoms with Gasteiger partial charge in [0.15, 0.2) is 17.7 Å². The highest BCUT2D eigenvalue weighted by atomic mass is 35.5. The van der Waals surface area contributed by atoms with Gasteiger partial charge in [0.25, 0.3) is 5.91 Å². The number of benzene rings is 3. The van der Waals surface area contributed by atoms with Gasteiger partial charge in [0.1, 0.15) is 18.3 Å². The molecule has 3 rings (SSSR count). The minimum absolute atomic E-state index is 0. The minimum atomic E-state index is -1.51. The van der Waals surface area contributed by atoms with Gasteiger partial charge in [-0.3, -0.25) is 10.2 Å². The highest BCUT2D eigenvalue weighted by Gasteiger charge is 2.29. The van der Waals surface area contributed by atoms with Crippen molar-refractivity contribution >= 4 is 24.1 Å². The molecule has 37 heavy (non-hydrogen) atoms. The molecule has 4 N–H and O–H groups in total. The van der Waals surface area contributed by atoms with Crippen LogP contribution in [0.15, 0.2) is 66.7 Å². The summed E-state index contributed by atoms with van der Waals surface area (Å²) in [5, 5.41) is 10.1. The summed E-state index contributed by atoms with van der Waals surface area (Å²) in [6.07, 6.45) is -1.51. The molecule has 10 heteroatoms. The highest BCUT2D eigenvalue weighted by molar-refractivity contribution is 5.94. The van der Waals surface area contributed by atoms with Crippen molar-refractivity contribution in [3.05, 3.63) is 101 Å². The molecule has 0 bridgehead atoms. The maximum atomic E-state index is 15.2. The molecular formula is C27H30ClF2N3O4. The molecule has 0 aromatic heterocycles. The number of ether oxygens (including phenoxy) is 3. The van der Waals surface area contributed by atoms with Gasteiger partial charge in [0, 0.05) is 18.7 Å². The van der Waals surface area contributed by atoms with E-state index in [4.69, 9.17) is 25.4 Å². The van der Waals surface area contributed by atoms with Gasteiger partial charge >= 0.3 is 0 Å². The Morgan fingerprint density at radius 3 is 2.35 bits per heavy atom. The van der Waals surface area contributed by atoms with E-state index in [1.807, 2.05) is 30.3 Å². The van der Waals surface area contributed by atoms with Crippen molar-refractivity contribution in [2.75, 3.05) is 19.8 Å². The third-order valence-corrected chi connectivity index (χ3v) is 5.25. The van der Waals surface area contributed by atoms with Crippen molar-refractivity contribution in [2.24, 2.45) is 5.73 Å². The van der Waals surface area contributed by atoms with Crippen molar-refractivity contribution in [2.45, 2.75) is 26.2 Å². The predicted octanol–water partition coefficient (Wildman–Crippen LogP) is 4.66. The monoisotopic (exact) mass is 533 g/mol. The highest BCUT2D eigenvalue weighted by Crippen LogP contribution is 2.30. The fraction of sp³-hybridized carbons (Fsp3) is 0.259. The van der Waals surface area contributed by atoms with Gasteiger partial charge in [-0.1, -0.05) is 54.6 Å². The lowest BCUT2D eigenvalue weighted by molar-refractivity contribution is -0.133. The van der Waals surface area contributed by atoms with Crippen LogP contribution in [0.1, 0.15) is 35.3 Å². The number of amides is 1. The Hall–Kier alpha value is -3.53. The maximum absolute atomic E-state index is 15.2. The van der Waals surface area contributed by atoms with Crippen LogP contribution in [-0.4, -0.2) is 31.6 Å². The van der Waals surface area contributed by atoms with Crippen LogP contribution < -0.4 is 15.8 Å². The third-order valence-electron chi connectivity index (χ3n) is 5.25.